The minimum Gasteiger partial charge on any atom is -0.309 e. The first kappa shape index (κ1) is 17.0. The zero-order chi connectivity index (χ0) is 22.0. The minimum atomic E-state index is 1.20. The van der Waals surface area contributed by atoms with E-state index in [0.29, 0.717) is 0 Å². The van der Waals surface area contributed by atoms with Gasteiger partial charge in [-0.05, 0) is 47.2 Å². The average molecular weight is 431 g/mol. The van der Waals surface area contributed by atoms with Crippen LogP contribution in [0.4, 0.5) is 0 Å². The summed E-state index contributed by atoms with van der Waals surface area (Å²) in [5, 5.41) is 10.6. The number of aromatic nitrogens is 2. The standard InChI is InChI=1S/C32H18N2/c1-2-8-21(9-3-1)33-26-17-15-20-14-13-19-7-6-12-25-28(19)29(20)30(26)31-27(33)18-16-23-22-10-4-5-11-24(22)34(25)32(23)31/h1-18H. The van der Waals surface area contributed by atoms with Crippen molar-refractivity contribution in [1.82, 2.24) is 8.97 Å². The van der Waals surface area contributed by atoms with Crippen molar-refractivity contribution >= 4 is 70.7 Å². The molecular weight excluding hydrogens is 412 g/mol. The van der Waals surface area contributed by atoms with Crippen molar-refractivity contribution in [3.63, 3.8) is 0 Å². The summed E-state index contributed by atoms with van der Waals surface area (Å²) in [5.41, 5.74) is 7.58. The van der Waals surface area contributed by atoms with Gasteiger partial charge in [0.05, 0.1) is 27.6 Å². The van der Waals surface area contributed by atoms with E-state index in [1.807, 2.05) is 0 Å². The van der Waals surface area contributed by atoms with Crippen molar-refractivity contribution in [2.24, 2.45) is 0 Å². The third kappa shape index (κ3) is 1.79. The fourth-order valence-electron chi connectivity index (χ4n) is 6.51. The van der Waals surface area contributed by atoms with Gasteiger partial charge in [0.25, 0.3) is 0 Å². The Morgan fingerprint density at radius 1 is 0.382 bits per heavy atom. The molecule has 34 heavy (non-hydrogen) atoms. The van der Waals surface area contributed by atoms with Gasteiger partial charge >= 0.3 is 0 Å². The van der Waals surface area contributed by atoms with Crippen LogP contribution in [-0.2, 0) is 0 Å². The van der Waals surface area contributed by atoms with E-state index in [2.05, 4.69) is 118 Å². The van der Waals surface area contributed by atoms with Gasteiger partial charge in [-0.3, -0.25) is 0 Å². The van der Waals surface area contributed by atoms with Gasteiger partial charge in [0, 0.05) is 38.0 Å². The lowest BCUT2D eigenvalue weighted by Crippen LogP contribution is -1.94. The summed E-state index contributed by atoms with van der Waals surface area (Å²) in [6.45, 7) is 0. The monoisotopic (exact) mass is 430 g/mol. The second-order valence-electron chi connectivity index (χ2n) is 9.38. The number of fused-ring (bicyclic) bond motifs is 4. The zero-order valence-corrected chi connectivity index (χ0v) is 18.3. The lowest BCUT2D eigenvalue weighted by atomic mass is 9.97. The molecule has 0 aliphatic carbocycles. The molecule has 156 valence electrons. The first-order valence-electron chi connectivity index (χ1n) is 11.8. The summed E-state index contributed by atoms with van der Waals surface area (Å²) < 4.78 is 4.96. The molecular formula is C32H18N2. The van der Waals surface area contributed by atoms with Crippen LogP contribution in [0.25, 0.3) is 76.4 Å². The predicted octanol–water partition coefficient (Wildman–Crippen LogP) is 8.52. The molecule has 9 aromatic rings. The number of rotatable bonds is 1. The molecule has 0 aliphatic rings. The molecule has 0 unspecified atom stereocenters. The quantitative estimate of drug-likeness (QED) is 0.231. The lowest BCUT2D eigenvalue weighted by Gasteiger charge is -2.11. The van der Waals surface area contributed by atoms with Crippen LogP contribution < -0.4 is 0 Å². The van der Waals surface area contributed by atoms with Crippen LogP contribution in [-0.4, -0.2) is 8.97 Å². The molecule has 3 heterocycles. The Balaban J connectivity index is 1.76. The van der Waals surface area contributed by atoms with Crippen molar-refractivity contribution in [3.8, 4) is 5.69 Å². The Bertz CT molecular complexity index is 2210. The van der Waals surface area contributed by atoms with Crippen LogP contribution in [0.5, 0.6) is 0 Å². The van der Waals surface area contributed by atoms with Crippen LogP contribution in [0.2, 0.25) is 0 Å². The highest BCUT2D eigenvalue weighted by Gasteiger charge is 2.24. The molecule has 6 aromatic carbocycles. The second kappa shape index (κ2) is 5.67. The number of nitrogens with zero attached hydrogens (tertiary/aromatic N) is 2. The average Bonchev–Trinajstić information content (AvgIpc) is 3.36. The third-order valence-corrected chi connectivity index (χ3v) is 7.78. The normalized spacial score (nSPS) is 12.7. The van der Waals surface area contributed by atoms with Gasteiger partial charge in [-0.1, -0.05) is 72.8 Å². The van der Waals surface area contributed by atoms with Gasteiger partial charge in [0.1, 0.15) is 0 Å². The maximum atomic E-state index is 2.52. The molecule has 0 bridgehead atoms. The summed E-state index contributed by atoms with van der Waals surface area (Å²) in [5.74, 6) is 0. The van der Waals surface area contributed by atoms with E-state index in [4.69, 9.17) is 0 Å². The van der Waals surface area contributed by atoms with E-state index in [-0.39, 0.29) is 0 Å². The summed E-state index contributed by atoms with van der Waals surface area (Å²) >= 11 is 0. The van der Waals surface area contributed by atoms with Gasteiger partial charge in [-0.25, -0.2) is 0 Å². The summed E-state index contributed by atoms with van der Waals surface area (Å²) in [7, 11) is 0. The van der Waals surface area contributed by atoms with Crippen molar-refractivity contribution in [1.29, 1.82) is 0 Å². The Morgan fingerprint density at radius 3 is 2.00 bits per heavy atom. The van der Waals surface area contributed by atoms with Gasteiger partial charge in [0.2, 0.25) is 0 Å². The number of para-hydroxylation sites is 2. The van der Waals surface area contributed by atoms with E-state index in [1.54, 1.807) is 0 Å². The van der Waals surface area contributed by atoms with Crippen LogP contribution in [0.3, 0.4) is 0 Å². The number of benzene rings is 6. The molecule has 9 rings (SSSR count). The Morgan fingerprint density at radius 2 is 1.09 bits per heavy atom. The van der Waals surface area contributed by atoms with E-state index < -0.39 is 0 Å². The minimum absolute atomic E-state index is 1.20. The van der Waals surface area contributed by atoms with Crippen molar-refractivity contribution in [2.75, 3.05) is 0 Å². The molecule has 0 spiro atoms. The molecule has 0 radical (unpaired) electrons. The Kier molecular flexibility index (Phi) is 2.83. The van der Waals surface area contributed by atoms with Gasteiger partial charge in [0.15, 0.2) is 0 Å². The van der Waals surface area contributed by atoms with E-state index in [9.17, 15) is 0 Å². The third-order valence-electron chi connectivity index (χ3n) is 7.78. The van der Waals surface area contributed by atoms with Crippen molar-refractivity contribution in [2.45, 2.75) is 0 Å². The highest BCUT2D eigenvalue weighted by Crippen LogP contribution is 2.47. The van der Waals surface area contributed by atoms with Crippen LogP contribution in [0.15, 0.2) is 109 Å². The van der Waals surface area contributed by atoms with Crippen LogP contribution in [0, 0.1) is 0 Å². The van der Waals surface area contributed by atoms with E-state index in [0.717, 1.165) is 0 Å². The maximum absolute atomic E-state index is 2.52. The molecule has 0 aliphatic heterocycles. The highest BCUT2D eigenvalue weighted by atomic mass is 15.0. The Labute approximate surface area is 194 Å². The molecule has 2 nitrogen and oxygen atoms in total. The van der Waals surface area contributed by atoms with Gasteiger partial charge in [-0.2, -0.15) is 0 Å². The molecule has 0 saturated heterocycles. The topological polar surface area (TPSA) is 9.34 Å². The summed E-state index contributed by atoms with van der Waals surface area (Å²) in [6.07, 6.45) is 0. The summed E-state index contributed by atoms with van der Waals surface area (Å²) in [6, 6.07) is 40.2. The molecule has 3 aromatic heterocycles. The fraction of sp³-hybridized carbons (Fsp3) is 0. The van der Waals surface area contributed by atoms with E-state index in [1.165, 1.54) is 76.4 Å². The first-order valence-corrected chi connectivity index (χ1v) is 11.8. The predicted molar refractivity (Wildman–Crippen MR) is 144 cm³/mol. The largest absolute Gasteiger partial charge is 0.309 e. The molecule has 0 saturated carbocycles. The maximum Gasteiger partial charge on any atom is 0.0641 e. The van der Waals surface area contributed by atoms with Crippen molar-refractivity contribution < 1.29 is 0 Å². The molecule has 0 fully saturated rings. The second-order valence-corrected chi connectivity index (χ2v) is 9.38. The molecule has 0 atom stereocenters. The van der Waals surface area contributed by atoms with Crippen LogP contribution >= 0.6 is 0 Å². The van der Waals surface area contributed by atoms with Gasteiger partial charge in [-0.15, -0.1) is 0 Å². The van der Waals surface area contributed by atoms with Gasteiger partial charge < -0.3 is 8.97 Å². The fourth-order valence-corrected chi connectivity index (χ4v) is 6.51. The first-order chi connectivity index (χ1) is 16.9. The number of hydrogen-bond acceptors (Lipinski definition) is 0. The number of hydrogen-bond donors (Lipinski definition) is 0. The SMILES string of the molecule is c1ccc(-n2c3ccc4ccc5cccc6c5c4c3c3c2ccc2c4ccccc4n6c23)cc1. The lowest BCUT2D eigenvalue weighted by molar-refractivity contribution is 1.18. The highest BCUT2D eigenvalue weighted by molar-refractivity contribution is 6.37. The Hall–Kier alpha value is -4.56. The molecule has 2 heteroatoms. The van der Waals surface area contributed by atoms with E-state index >= 15 is 0 Å². The molecule has 0 amide bonds. The molecule has 0 N–H and O–H groups in total. The van der Waals surface area contributed by atoms with Crippen LogP contribution in [0.1, 0.15) is 0 Å². The smallest absolute Gasteiger partial charge is 0.0641 e. The van der Waals surface area contributed by atoms with Crippen molar-refractivity contribution in [3.05, 3.63) is 109 Å². The summed E-state index contributed by atoms with van der Waals surface area (Å²) in [4.78, 5) is 0. The zero-order valence-electron chi connectivity index (χ0n) is 18.3.